The Kier molecular flexibility index (Phi) is 5.65. The zero-order chi connectivity index (χ0) is 24.4. The highest BCUT2D eigenvalue weighted by molar-refractivity contribution is 5.91. The van der Waals surface area contributed by atoms with Crippen LogP contribution in [0.4, 0.5) is 4.39 Å². The molecule has 3 aromatic carbocycles. The van der Waals surface area contributed by atoms with E-state index in [2.05, 4.69) is 21.1 Å². The summed E-state index contributed by atoms with van der Waals surface area (Å²) in [5, 5.41) is 15.0. The molecule has 0 saturated carbocycles. The Morgan fingerprint density at radius 1 is 1.11 bits per heavy atom. The third kappa shape index (κ3) is 4.18. The molecular formula is C27H18FN5O2. The summed E-state index contributed by atoms with van der Waals surface area (Å²) in [6.45, 7) is 0. The number of rotatable bonds is 5. The highest BCUT2D eigenvalue weighted by atomic mass is 19.1. The van der Waals surface area contributed by atoms with Gasteiger partial charge in [0.2, 0.25) is 0 Å². The predicted octanol–water partition coefficient (Wildman–Crippen LogP) is 4.99. The number of halogens is 1. The van der Waals surface area contributed by atoms with E-state index in [9.17, 15) is 14.4 Å². The average Bonchev–Trinajstić information content (AvgIpc) is 3.31. The summed E-state index contributed by atoms with van der Waals surface area (Å²) in [5.41, 5.74) is 2.56. The number of fused-ring (bicyclic) bond motifs is 1. The molecule has 0 atom stereocenters. The summed E-state index contributed by atoms with van der Waals surface area (Å²) in [5.74, 6) is -0.283. The van der Waals surface area contributed by atoms with Crippen LogP contribution in [-0.4, -0.2) is 26.9 Å². The zero-order valence-corrected chi connectivity index (χ0v) is 18.6. The predicted molar refractivity (Wildman–Crippen MR) is 131 cm³/mol. The summed E-state index contributed by atoms with van der Waals surface area (Å²) in [7, 11) is 1.40. The normalized spacial score (nSPS) is 11.4. The largest absolute Gasteiger partial charge is 0.494 e. The number of nitriles is 1. The van der Waals surface area contributed by atoms with Crippen molar-refractivity contribution in [3.63, 3.8) is 0 Å². The lowest BCUT2D eigenvalue weighted by molar-refractivity contribution is 0.386. The van der Waals surface area contributed by atoms with E-state index in [1.807, 2.05) is 30.3 Å². The second kappa shape index (κ2) is 9.08. The molecule has 0 aliphatic heterocycles. The fourth-order valence-electron chi connectivity index (χ4n) is 3.77. The second-order valence-electron chi connectivity index (χ2n) is 7.66. The number of H-pyrrole nitrogens is 1. The van der Waals surface area contributed by atoms with Gasteiger partial charge in [-0.25, -0.2) is 14.1 Å². The third-order valence-electron chi connectivity index (χ3n) is 5.48. The van der Waals surface area contributed by atoms with Gasteiger partial charge in [-0.1, -0.05) is 30.3 Å². The number of para-hydroxylation sites is 2. The van der Waals surface area contributed by atoms with Crippen LogP contribution in [0.5, 0.6) is 5.75 Å². The number of benzene rings is 3. The molecule has 35 heavy (non-hydrogen) atoms. The molecule has 0 aliphatic rings. The molecule has 0 spiro atoms. The van der Waals surface area contributed by atoms with Gasteiger partial charge in [0.25, 0.3) is 5.56 Å². The number of hydrogen-bond donors (Lipinski definition) is 1. The van der Waals surface area contributed by atoms with Crippen molar-refractivity contribution < 1.29 is 9.13 Å². The number of aromatic nitrogens is 4. The molecule has 7 nitrogen and oxygen atoms in total. The van der Waals surface area contributed by atoms with Crippen molar-refractivity contribution in [2.75, 3.05) is 7.11 Å². The van der Waals surface area contributed by atoms with E-state index in [1.54, 1.807) is 47.3 Å². The minimum absolute atomic E-state index is 0.115. The molecule has 0 saturated heterocycles. The molecule has 0 unspecified atom stereocenters. The SMILES string of the molecule is COc1ccc(-c2nn(-c3ccccc3)cc2C=C(C#N)c2nc3ccccc3c(=O)[nH]2)cc1F. The first-order valence-electron chi connectivity index (χ1n) is 10.7. The molecule has 0 amide bonds. The summed E-state index contributed by atoms with van der Waals surface area (Å²) in [6.07, 6.45) is 3.32. The number of methoxy groups -OCH3 is 1. The highest BCUT2D eigenvalue weighted by Crippen LogP contribution is 2.30. The summed E-state index contributed by atoms with van der Waals surface area (Å²) in [4.78, 5) is 19.7. The van der Waals surface area contributed by atoms with E-state index in [0.29, 0.717) is 27.7 Å². The topological polar surface area (TPSA) is 96.6 Å². The monoisotopic (exact) mass is 463 g/mol. The van der Waals surface area contributed by atoms with Gasteiger partial charge in [0.15, 0.2) is 17.4 Å². The number of hydrogen-bond acceptors (Lipinski definition) is 5. The Morgan fingerprint density at radius 3 is 2.63 bits per heavy atom. The lowest BCUT2D eigenvalue weighted by Crippen LogP contribution is -2.11. The van der Waals surface area contributed by atoms with Crippen LogP contribution in [0, 0.1) is 17.1 Å². The molecule has 5 aromatic rings. The molecule has 0 fully saturated rings. The molecule has 0 radical (unpaired) electrons. The van der Waals surface area contributed by atoms with Gasteiger partial charge < -0.3 is 9.72 Å². The van der Waals surface area contributed by atoms with E-state index in [-0.39, 0.29) is 22.7 Å². The molecule has 2 aromatic heterocycles. The van der Waals surface area contributed by atoms with Gasteiger partial charge in [0, 0.05) is 17.3 Å². The van der Waals surface area contributed by atoms with E-state index < -0.39 is 5.82 Å². The van der Waals surface area contributed by atoms with Crippen molar-refractivity contribution in [1.82, 2.24) is 19.7 Å². The molecular weight excluding hydrogens is 445 g/mol. The molecule has 0 bridgehead atoms. The number of ether oxygens (including phenoxy) is 1. The van der Waals surface area contributed by atoms with E-state index in [0.717, 1.165) is 5.69 Å². The lowest BCUT2D eigenvalue weighted by atomic mass is 10.1. The van der Waals surface area contributed by atoms with Gasteiger partial charge >= 0.3 is 0 Å². The molecule has 8 heteroatoms. The molecule has 1 N–H and O–H groups in total. The van der Waals surface area contributed by atoms with Crippen molar-refractivity contribution in [2.24, 2.45) is 0 Å². The van der Waals surface area contributed by atoms with Crippen molar-refractivity contribution in [3.8, 4) is 28.8 Å². The van der Waals surface area contributed by atoms with Crippen LogP contribution in [0.2, 0.25) is 0 Å². The Bertz CT molecular complexity index is 1680. The van der Waals surface area contributed by atoms with Gasteiger partial charge in [-0.2, -0.15) is 10.4 Å². The van der Waals surface area contributed by atoms with Crippen LogP contribution in [0.25, 0.3) is 39.5 Å². The quantitative estimate of drug-likeness (QED) is 0.371. The lowest BCUT2D eigenvalue weighted by Gasteiger charge is -2.05. The van der Waals surface area contributed by atoms with Crippen molar-refractivity contribution in [1.29, 1.82) is 5.26 Å². The average molecular weight is 463 g/mol. The Labute approximate surface area is 199 Å². The first kappa shape index (κ1) is 21.8. The third-order valence-corrected chi connectivity index (χ3v) is 5.48. The van der Waals surface area contributed by atoms with Gasteiger partial charge in [-0.3, -0.25) is 4.79 Å². The number of nitrogens with one attached hydrogen (secondary N) is 1. The fourth-order valence-corrected chi connectivity index (χ4v) is 3.77. The van der Waals surface area contributed by atoms with E-state index in [4.69, 9.17) is 4.74 Å². The van der Waals surface area contributed by atoms with Gasteiger partial charge in [-0.15, -0.1) is 0 Å². The number of nitrogens with zero attached hydrogens (tertiary/aromatic N) is 4. The van der Waals surface area contributed by atoms with Crippen LogP contribution < -0.4 is 10.3 Å². The Hall–Kier alpha value is -5.03. The van der Waals surface area contributed by atoms with E-state index in [1.165, 1.54) is 19.2 Å². The van der Waals surface area contributed by atoms with Gasteiger partial charge in [0.1, 0.15) is 11.8 Å². The Morgan fingerprint density at radius 2 is 1.89 bits per heavy atom. The maximum absolute atomic E-state index is 14.5. The first-order chi connectivity index (χ1) is 17.1. The van der Waals surface area contributed by atoms with Crippen LogP contribution in [0.1, 0.15) is 11.4 Å². The first-order valence-corrected chi connectivity index (χ1v) is 10.7. The van der Waals surface area contributed by atoms with Crippen molar-refractivity contribution >= 4 is 22.6 Å². The van der Waals surface area contributed by atoms with Gasteiger partial charge in [0.05, 0.1) is 29.3 Å². The maximum Gasteiger partial charge on any atom is 0.259 e. The van der Waals surface area contributed by atoms with Crippen LogP contribution in [-0.2, 0) is 0 Å². The smallest absolute Gasteiger partial charge is 0.259 e. The van der Waals surface area contributed by atoms with Crippen LogP contribution in [0.15, 0.2) is 83.8 Å². The van der Waals surface area contributed by atoms with Gasteiger partial charge in [-0.05, 0) is 48.5 Å². The van der Waals surface area contributed by atoms with Crippen molar-refractivity contribution in [3.05, 3.63) is 107 Å². The molecule has 2 heterocycles. The highest BCUT2D eigenvalue weighted by Gasteiger charge is 2.16. The molecule has 5 rings (SSSR count). The standard InChI is InChI=1S/C27H18FN5O2/c1-35-24-12-11-17(14-22(24)28)25-19(16-33(32-25)20-7-3-2-4-8-20)13-18(15-29)26-30-23-10-6-5-9-21(23)27(34)31-26/h2-14,16H,1H3,(H,30,31,34). The molecule has 170 valence electrons. The number of allylic oxidation sites excluding steroid dienone is 1. The maximum atomic E-state index is 14.5. The summed E-state index contributed by atoms with van der Waals surface area (Å²) < 4.78 is 21.2. The minimum Gasteiger partial charge on any atom is -0.494 e. The van der Waals surface area contributed by atoms with E-state index >= 15 is 0 Å². The molecule has 0 aliphatic carbocycles. The zero-order valence-electron chi connectivity index (χ0n) is 18.6. The second-order valence-corrected chi connectivity index (χ2v) is 7.66. The van der Waals surface area contributed by atoms with Crippen molar-refractivity contribution in [2.45, 2.75) is 0 Å². The summed E-state index contributed by atoms with van der Waals surface area (Å²) in [6, 6.07) is 23.0. The van der Waals surface area contributed by atoms with Crippen LogP contribution in [0.3, 0.4) is 0 Å². The fraction of sp³-hybridized carbons (Fsp3) is 0.0370. The minimum atomic E-state index is -0.532. The number of aromatic amines is 1. The van der Waals surface area contributed by atoms with Crippen LogP contribution >= 0.6 is 0 Å². The summed E-state index contributed by atoms with van der Waals surface area (Å²) >= 11 is 0. The Balaban J connectivity index is 1.69.